The van der Waals surface area contributed by atoms with Crippen LogP contribution in [0, 0.1) is 11.7 Å². The lowest BCUT2D eigenvalue weighted by Gasteiger charge is -2.32. The molecule has 1 aliphatic heterocycles. The van der Waals surface area contributed by atoms with Crippen LogP contribution in [0.1, 0.15) is 37.0 Å². The van der Waals surface area contributed by atoms with E-state index in [1.165, 1.54) is 6.07 Å². The minimum absolute atomic E-state index is 0.0493. The number of hydrogen-bond acceptors (Lipinski definition) is 2. The van der Waals surface area contributed by atoms with E-state index in [2.05, 4.69) is 5.32 Å². The number of amides is 2. The van der Waals surface area contributed by atoms with Crippen LogP contribution in [-0.2, 0) is 0 Å². The number of piperidine rings is 1. The molecule has 0 unspecified atom stereocenters. The van der Waals surface area contributed by atoms with Crippen molar-refractivity contribution in [1.29, 1.82) is 0 Å². The summed E-state index contributed by atoms with van der Waals surface area (Å²) in [6.45, 7) is 4.83. The molecule has 2 amide bonds. The Hall–Kier alpha value is -2.69. The minimum Gasteiger partial charge on any atom is -0.336 e. The van der Waals surface area contributed by atoms with Crippen molar-refractivity contribution in [1.82, 2.24) is 10.2 Å². The summed E-state index contributed by atoms with van der Waals surface area (Å²) in [5.74, 6) is -0.800. The van der Waals surface area contributed by atoms with E-state index in [4.69, 9.17) is 0 Å². The van der Waals surface area contributed by atoms with E-state index in [9.17, 15) is 14.0 Å². The summed E-state index contributed by atoms with van der Waals surface area (Å²) in [5.41, 5.74) is 1.63. The molecule has 1 aliphatic rings. The number of hydrogen-bond donors (Lipinski definition) is 1. The van der Waals surface area contributed by atoms with Crippen LogP contribution in [0.4, 0.5) is 9.18 Å². The van der Waals surface area contributed by atoms with Gasteiger partial charge in [0.2, 0.25) is 0 Å². The minimum atomic E-state index is -0.405. The third-order valence-electron chi connectivity index (χ3n) is 4.83. The summed E-state index contributed by atoms with van der Waals surface area (Å²) in [6, 6.07) is 13.8. The number of likely N-dealkylation sites (tertiary alicyclic amines) is 1. The number of nitrogens with zero attached hydrogens (tertiary/aromatic N) is 1. The zero-order valence-electron chi connectivity index (χ0n) is 15.7. The fraction of sp³-hybridized carbons (Fsp3) is 0.364. The van der Waals surface area contributed by atoms with E-state index < -0.39 is 5.82 Å². The average Bonchev–Trinajstić information content (AvgIpc) is 2.67. The highest BCUT2D eigenvalue weighted by atomic mass is 19.1. The molecule has 3 rings (SSSR count). The molecule has 1 saturated heterocycles. The molecule has 0 spiro atoms. The molecule has 0 radical (unpaired) electrons. The molecule has 4 nitrogen and oxygen atoms in total. The van der Waals surface area contributed by atoms with Gasteiger partial charge in [-0.1, -0.05) is 42.5 Å². The van der Waals surface area contributed by atoms with Crippen molar-refractivity contribution in [2.45, 2.75) is 32.7 Å². The number of urea groups is 1. The largest absolute Gasteiger partial charge is 0.336 e. The second-order valence-corrected chi connectivity index (χ2v) is 7.31. The molecule has 27 heavy (non-hydrogen) atoms. The number of nitrogens with one attached hydrogen (secondary N) is 1. The van der Waals surface area contributed by atoms with E-state index in [-0.39, 0.29) is 23.8 Å². The molecule has 5 heteroatoms. The maximum absolute atomic E-state index is 14.6. The van der Waals surface area contributed by atoms with Gasteiger partial charge in [-0.3, -0.25) is 4.79 Å². The van der Waals surface area contributed by atoms with E-state index >= 15 is 0 Å². The standard InChI is InChI=1S/C22H25FN2O2/c1-15(2)24-22(27)25-12-6-9-18(14-25)21(26)17-10-11-19(20(23)13-17)16-7-4-3-5-8-16/h3-5,7-8,10-11,13,15,18H,6,9,12,14H2,1-2H3,(H,24,27)/t18-/m0/s1. The van der Waals surface area contributed by atoms with Crippen LogP contribution in [0.2, 0.25) is 0 Å². The number of halogens is 1. The summed E-state index contributed by atoms with van der Waals surface area (Å²) >= 11 is 0. The van der Waals surface area contributed by atoms with Gasteiger partial charge in [0.15, 0.2) is 5.78 Å². The Labute approximate surface area is 159 Å². The van der Waals surface area contributed by atoms with Crippen molar-refractivity contribution < 1.29 is 14.0 Å². The Kier molecular flexibility index (Phi) is 5.89. The number of benzene rings is 2. The Morgan fingerprint density at radius 2 is 1.89 bits per heavy atom. The van der Waals surface area contributed by atoms with Crippen molar-refractivity contribution in [2.24, 2.45) is 5.92 Å². The average molecular weight is 368 g/mol. The normalized spacial score (nSPS) is 17.0. The third-order valence-corrected chi connectivity index (χ3v) is 4.83. The molecule has 0 saturated carbocycles. The first-order valence-corrected chi connectivity index (χ1v) is 9.40. The SMILES string of the molecule is CC(C)NC(=O)N1CCC[C@H](C(=O)c2ccc(-c3ccccc3)c(F)c2)C1. The molecular formula is C22H25FN2O2. The van der Waals surface area contributed by atoms with Crippen LogP contribution >= 0.6 is 0 Å². The first-order valence-electron chi connectivity index (χ1n) is 9.40. The zero-order valence-corrected chi connectivity index (χ0v) is 15.7. The number of rotatable bonds is 4. The first kappa shape index (κ1) is 19.1. The van der Waals surface area contributed by atoms with E-state index in [0.717, 1.165) is 12.0 Å². The maximum Gasteiger partial charge on any atom is 0.317 e. The first-order chi connectivity index (χ1) is 13.0. The smallest absolute Gasteiger partial charge is 0.317 e. The molecule has 1 fully saturated rings. The van der Waals surface area contributed by atoms with Crippen molar-refractivity contribution in [2.75, 3.05) is 13.1 Å². The predicted octanol–water partition coefficient (Wildman–Crippen LogP) is 4.51. The number of carbonyl (C=O) groups is 2. The molecule has 0 aromatic heterocycles. The lowest BCUT2D eigenvalue weighted by Crippen LogP contribution is -2.48. The molecule has 0 aliphatic carbocycles. The third kappa shape index (κ3) is 4.54. The molecule has 1 N–H and O–H groups in total. The van der Waals surface area contributed by atoms with Crippen LogP contribution in [0.5, 0.6) is 0 Å². The van der Waals surface area contributed by atoms with Gasteiger partial charge in [-0.05, 0) is 38.3 Å². The molecule has 1 atom stereocenters. The Balaban J connectivity index is 1.74. The number of ketones is 1. The highest BCUT2D eigenvalue weighted by molar-refractivity contribution is 5.98. The van der Waals surface area contributed by atoms with Crippen molar-refractivity contribution in [3.8, 4) is 11.1 Å². The predicted molar refractivity (Wildman–Crippen MR) is 104 cm³/mol. The monoisotopic (exact) mass is 368 g/mol. The fourth-order valence-corrected chi connectivity index (χ4v) is 3.47. The fourth-order valence-electron chi connectivity index (χ4n) is 3.47. The number of carbonyl (C=O) groups excluding carboxylic acids is 2. The Morgan fingerprint density at radius 3 is 2.56 bits per heavy atom. The van der Waals surface area contributed by atoms with Crippen LogP contribution in [0.15, 0.2) is 48.5 Å². The maximum atomic E-state index is 14.6. The highest BCUT2D eigenvalue weighted by Gasteiger charge is 2.29. The van der Waals surface area contributed by atoms with Crippen LogP contribution in [0.25, 0.3) is 11.1 Å². The van der Waals surface area contributed by atoms with Gasteiger partial charge in [0.25, 0.3) is 0 Å². The summed E-state index contributed by atoms with van der Waals surface area (Å²) in [7, 11) is 0. The zero-order chi connectivity index (χ0) is 19.4. The van der Waals surface area contributed by atoms with Gasteiger partial charge in [-0.2, -0.15) is 0 Å². The summed E-state index contributed by atoms with van der Waals surface area (Å²) < 4.78 is 14.6. The summed E-state index contributed by atoms with van der Waals surface area (Å²) in [4.78, 5) is 26.8. The second-order valence-electron chi connectivity index (χ2n) is 7.31. The highest BCUT2D eigenvalue weighted by Crippen LogP contribution is 2.26. The quantitative estimate of drug-likeness (QED) is 0.808. The Bertz CT molecular complexity index is 820. The molecule has 2 aromatic carbocycles. The van der Waals surface area contributed by atoms with Crippen molar-refractivity contribution in [3.63, 3.8) is 0 Å². The van der Waals surface area contributed by atoms with Crippen LogP contribution in [0.3, 0.4) is 0 Å². The lowest BCUT2D eigenvalue weighted by molar-refractivity contribution is 0.0844. The van der Waals surface area contributed by atoms with Gasteiger partial charge in [0.1, 0.15) is 5.82 Å². The molecule has 0 bridgehead atoms. The number of Topliss-reactive ketones (excluding diaryl/α,β-unsaturated/α-hetero) is 1. The van der Waals surface area contributed by atoms with Crippen molar-refractivity contribution >= 4 is 11.8 Å². The van der Waals surface area contributed by atoms with Gasteiger partial charge in [-0.15, -0.1) is 0 Å². The van der Waals surface area contributed by atoms with E-state index in [1.807, 2.05) is 44.2 Å². The van der Waals surface area contributed by atoms with Gasteiger partial charge in [-0.25, -0.2) is 9.18 Å². The van der Waals surface area contributed by atoms with Crippen LogP contribution in [-0.4, -0.2) is 35.8 Å². The molecule has 2 aromatic rings. The van der Waals surface area contributed by atoms with Crippen molar-refractivity contribution in [3.05, 3.63) is 59.9 Å². The van der Waals surface area contributed by atoms with Gasteiger partial charge < -0.3 is 10.2 Å². The van der Waals surface area contributed by atoms with Gasteiger partial charge in [0.05, 0.1) is 0 Å². The summed E-state index contributed by atoms with van der Waals surface area (Å²) in [6.07, 6.45) is 1.48. The van der Waals surface area contributed by atoms with Crippen LogP contribution < -0.4 is 5.32 Å². The molecule has 142 valence electrons. The topological polar surface area (TPSA) is 49.4 Å². The molecule has 1 heterocycles. The van der Waals surface area contributed by atoms with Gasteiger partial charge >= 0.3 is 6.03 Å². The summed E-state index contributed by atoms with van der Waals surface area (Å²) in [5, 5.41) is 2.86. The molecular weight excluding hydrogens is 343 g/mol. The van der Waals surface area contributed by atoms with E-state index in [1.54, 1.807) is 17.0 Å². The van der Waals surface area contributed by atoms with E-state index in [0.29, 0.717) is 30.6 Å². The van der Waals surface area contributed by atoms with Gasteiger partial charge in [0, 0.05) is 36.2 Å². The lowest BCUT2D eigenvalue weighted by atomic mass is 9.89. The second kappa shape index (κ2) is 8.33. The Morgan fingerprint density at radius 1 is 1.15 bits per heavy atom.